The summed E-state index contributed by atoms with van der Waals surface area (Å²) in [6, 6.07) is 10.1. The molecule has 1 amide bonds. The molecule has 0 saturated heterocycles. The van der Waals surface area contributed by atoms with E-state index in [2.05, 4.69) is 16.6 Å². The molecule has 2 aromatic rings. The normalized spacial score (nSPS) is 26.1. The van der Waals surface area contributed by atoms with E-state index in [-0.39, 0.29) is 22.7 Å². The third-order valence-electron chi connectivity index (χ3n) is 6.10. The molecule has 2 unspecified atom stereocenters. The van der Waals surface area contributed by atoms with Gasteiger partial charge in [0.05, 0.1) is 11.4 Å². The van der Waals surface area contributed by atoms with Crippen molar-refractivity contribution < 1.29 is 17.6 Å². The van der Waals surface area contributed by atoms with Gasteiger partial charge in [-0.05, 0) is 56.4 Å². The average molecular weight is 428 g/mol. The van der Waals surface area contributed by atoms with Crippen LogP contribution >= 0.6 is 0 Å². The molecule has 0 bridgehead atoms. The summed E-state index contributed by atoms with van der Waals surface area (Å²) < 4.78 is 33.1. The summed E-state index contributed by atoms with van der Waals surface area (Å²) in [5.74, 6) is 3.07. The van der Waals surface area contributed by atoms with Crippen molar-refractivity contribution in [2.24, 2.45) is 10.9 Å². The molecule has 8 heteroatoms. The molecule has 2 aliphatic carbocycles. The number of amidine groups is 1. The van der Waals surface area contributed by atoms with E-state index in [0.717, 1.165) is 30.8 Å². The molecule has 3 aliphatic rings. The molecule has 158 valence electrons. The van der Waals surface area contributed by atoms with E-state index in [1.165, 1.54) is 0 Å². The minimum Gasteiger partial charge on any atom is -0.464 e. The van der Waals surface area contributed by atoms with E-state index >= 15 is 0 Å². The lowest BCUT2D eigenvalue weighted by Crippen LogP contribution is -2.39. The zero-order valence-corrected chi connectivity index (χ0v) is 17.9. The van der Waals surface area contributed by atoms with Gasteiger partial charge in [0, 0.05) is 17.5 Å². The number of carbonyl (C=O) groups excluding carboxylic acids is 1. The number of carbonyl (C=O) groups is 1. The number of rotatable bonds is 6. The lowest BCUT2D eigenvalue weighted by Gasteiger charge is -2.23. The number of nitrogens with one attached hydrogen (secondary N) is 1. The molecule has 1 aromatic heterocycles. The maximum atomic E-state index is 13.2. The van der Waals surface area contributed by atoms with Crippen LogP contribution in [-0.4, -0.2) is 37.1 Å². The van der Waals surface area contributed by atoms with Gasteiger partial charge in [0.25, 0.3) is 10.0 Å². The molecule has 2 heterocycles. The Bertz CT molecular complexity index is 1130. The lowest BCUT2D eigenvalue weighted by atomic mass is 10.2. The number of sulfonamides is 1. The topological polar surface area (TPSA) is 92.0 Å². The Labute approximate surface area is 176 Å². The van der Waals surface area contributed by atoms with Crippen molar-refractivity contribution in [3.05, 3.63) is 53.5 Å². The number of benzene rings is 1. The average Bonchev–Trinajstić information content (AvgIpc) is 3.62. The zero-order chi connectivity index (χ0) is 21.0. The summed E-state index contributed by atoms with van der Waals surface area (Å²) in [5, 5.41) is 0. The van der Waals surface area contributed by atoms with Crippen LogP contribution < -0.4 is 4.72 Å². The highest BCUT2D eigenvalue weighted by molar-refractivity contribution is 7.90. The molecule has 5 rings (SSSR count). The second-order valence-corrected chi connectivity index (χ2v) is 10.2. The lowest BCUT2D eigenvalue weighted by molar-refractivity contribution is -0.133. The van der Waals surface area contributed by atoms with Gasteiger partial charge in [-0.1, -0.05) is 19.1 Å². The first-order valence-corrected chi connectivity index (χ1v) is 11.9. The molecule has 1 aliphatic heterocycles. The molecule has 2 fully saturated rings. The van der Waals surface area contributed by atoms with Crippen molar-refractivity contribution in [1.82, 2.24) is 9.62 Å². The van der Waals surface area contributed by atoms with E-state index in [4.69, 9.17) is 4.42 Å². The van der Waals surface area contributed by atoms with Gasteiger partial charge in [-0.25, -0.2) is 8.42 Å². The van der Waals surface area contributed by atoms with Gasteiger partial charge in [-0.15, -0.1) is 0 Å². The summed E-state index contributed by atoms with van der Waals surface area (Å²) in [7, 11) is -3.62. The SMILES string of the molecule is CC1CC1c1ccc(CN(C(=O)[C@H](C)N=C2NS(=O)(=O)c3ccccc32)C2CC2)o1. The Morgan fingerprint density at radius 1 is 1.27 bits per heavy atom. The van der Waals surface area contributed by atoms with Gasteiger partial charge in [0.15, 0.2) is 0 Å². The highest BCUT2D eigenvalue weighted by Gasteiger charge is 2.39. The third-order valence-corrected chi connectivity index (χ3v) is 7.49. The molecule has 0 radical (unpaired) electrons. The van der Waals surface area contributed by atoms with Crippen molar-refractivity contribution >= 4 is 21.8 Å². The molecule has 2 saturated carbocycles. The summed E-state index contributed by atoms with van der Waals surface area (Å²) in [4.78, 5) is 19.7. The Morgan fingerprint density at radius 3 is 2.70 bits per heavy atom. The van der Waals surface area contributed by atoms with Crippen molar-refractivity contribution in [3.8, 4) is 0 Å². The number of fused-ring (bicyclic) bond motifs is 1. The first-order chi connectivity index (χ1) is 14.3. The first-order valence-electron chi connectivity index (χ1n) is 10.4. The Hall–Kier alpha value is -2.61. The number of hydrogen-bond acceptors (Lipinski definition) is 5. The van der Waals surface area contributed by atoms with E-state index in [0.29, 0.717) is 23.9 Å². The van der Waals surface area contributed by atoms with E-state index < -0.39 is 16.1 Å². The molecule has 3 atom stereocenters. The van der Waals surface area contributed by atoms with Gasteiger partial charge in [0.1, 0.15) is 23.4 Å². The van der Waals surface area contributed by atoms with Crippen LogP contribution in [0.4, 0.5) is 0 Å². The van der Waals surface area contributed by atoms with Crippen molar-refractivity contribution in [3.63, 3.8) is 0 Å². The first kappa shape index (κ1) is 19.4. The van der Waals surface area contributed by atoms with Crippen LogP contribution in [0.25, 0.3) is 0 Å². The fourth-order valence-corrected chi connectivity index (χ4v) is 5.30. The summed E-state index contributed by atoms with van der Waals surface area (Å²) in [6.45, 7) is 4.34. The molecule has 1 aromatic carbocycles. The van der Waals surface area contributed by atoms with Crippen molar-refractivity contribution in [1.29, 1.82) is 0 Å². The fraction of sp³-hybridized carbons (Fsp3) is 0.455. The second-order valence-electron chi connectivity index (χ2n) is 8.58. The second kappa shape index (κ2) is 6.97. The van der Waals surface area contributed by atoms with Crippen LogP contribution in [0.5, 0.6) is 0 Å². The van der Waals surface area contributed by atoms with Gasteiger partial charge in [0.2, 0.25) is 5.91 Å². The minimum absolute atomic E-state index is 0.119. The fourth-order valence-electron chi connectivity index (χ4n) is 4.06. The summed E-state index contributed by atoms with van der Waals surface area (Å²) in [5.41, 5.74) is 0.504. The molecule has 7 nitrogen and oxygen atoms in total. The number of nitrogens with zero attached hydrogens (tertiary/aromatic N) is 2. The number of aliphatic imine (C=N–C) groups is 1. The van der Waals surface area contributed by atoms with Crippen molar-refractivity contribution in [2.45, 2.75) is 62.6 Å². The van der Waals surface area contributed by atoms with Gasteiger partial charge >= 0.3 is 0 Å². The summed E-state index contributed by atoms with van der Waals surface area (Å²) >= 11 is 0. The van der Waals surface area contributed by atoms with E-state index in [1.807, 2.05) is 17.0 Å². The van der Waals surface area contributed by atoms with Crippen LogP contribution in [0.2, 0.25) is 0 Å². The zero-order valence-electron chi connectivity index (χ0n) is 17.0. The smallest absolute Gasteiger partial charge is 0.263 e. The van der Waals surface area contributed by atoms with Crippen molar-refractivity contribution in [2.75, 3.05) is 0 Å². The number of furan rings is 1. The van der Waals surface area contributed by atoms with Crippen LogP contribution in [0, 0.1) is 5.92 Å². The Balaban J connectivity index is 1.35. The van der Waals surface area contributed by atoms with Crippen LogP contribution in [0.1, 0.15) is 56.1 Å². The van der Waals surface area contributed by atoms with Gasteiger partial charge < -0.3 is 9.32 Å². The molecular formula is C22H25N3O4S. The molecular weight excluding hydrogens is 402 g/mol. The van der Waals surface area contributed by atoms with Crippen LogP contribution in [0.15, 0.2) is 50.7 Å². The Morgan fingerprint density at radius 2 is 2.00 bits per heavy atom. The largest absolute Gasteiger partial charge is 0.464 e. The molecule has 30 heavy (non-hydrogen) atoms. The van der Waals surface area contributed by atoms with E-state index in [1.54, 1.807) is 31.2 Å². The minimum atomic E-state index is -3.62. The maximum Gasteiger partial charge on any atom is 0.263 e. The standard InChI is InChI=1S/C22H25N3O4S/c1-13-11-18(13)19-10-9-16(29-19)12-25(15-7-8-15)22(26)14(2)23-21-17-5-3-4-6-20(17)30(27,28)24-21/h3-6,9-10,13-15,18H,7-8,11-12H2,1-2H3,(H,23,24)/t13?,14-,18?/m0/s1. The predicted molar refractivity (Wildman–Crippen MR) is 112 cm³/mol. The number of hydrogen-bond donors (Lipinski definition) is 1. The van der Waals surface area contributed by atoms with Crippen LogP contribution in [-0.2, 0) is 21.4 Å². The molecule has 1 N–H and O–H groups in total. The van der Waals surface area contributed by atoms with Gasteiger partial charge in [-0.2, -0.15) is 0 Å². The Kier molecular flexibility index (Phi) is 4.50. The number of amides is 1. The summed E-state index contributed by atoms with van der Waals surface area (Å²) in [6.07, 6.45) is 3.10. The van der Waals surface area contributed by atoms with E-state index in [9.17, 15) is 13.2 Å². The monoisotopic (exact) mass is 427 g/mol. The van der Waals surface area contributed by atoms with Crippen LogP contribution in [0.3, 0.4) is 0 Å². The molecule has 0 spiro atoms. The maximum absolute atomic E-state index is 13.2. The van der Waals surface area contributed by atoms with Gasteiger partial charge in [-0.3, -0.25) is 14.5 Å². The highest BCUT2D eigenvalue weighted by Crippen LogP contribution is 2.47. The predicted octanol–water partition coefficient (Wildman–Crippen LogP) is 3.02. The quantitative estimate of drug-likeness (QED) is 0.767. The highest BCUT2D eigenvalue weighted by atomic mass is 32.2. The third kappa shape index (κ3) is 3.53.